The summed E-state index contributed by atoms with van der Waals surface area (Å²) >= 11 is 5.91. The molecule has 17 heavy (non-hydrogen) atoms. The van der Waals surface area contributed by atoms with Crippen molar-refractivity contribution < 1.29 is 14.3 Å². The molecule has 5 heteroatoms. The number of rotatable bonds is 3. The Morgan fingerprint density at radius 3 is 2.88 bits per heavy atom. The van der Waals surface area contributed by atoms with E-state index in [-0.39, 0.29) is 17.4 Å². The summed E-state index contributed by atoms with van der Waals surface area (Å²) in [5.74, 6) is -1.26. The Morgan fingerprint density at radius 2 is 2.18 bits per heavy atom. The number of carboxylic acids is 1. The third-order valence-corrected chi connectivity index (χ3v) is 2.74. The number of benzene rings is 1. The van der Waals surface area contributed by atoms with Gasteiger partial charge >= 0.3 is 5.97 Å². The van der Waals surface area contributed by atoms with Crippen molar-refractivity contribution in [2.45, 2.75) is 12.8 Å². The first-order valence-electron chi connectivity index (χ1n) is 5.03. The van der Waals surface area contributed by atoms with Crippen molar-refractivity contribution >= 4 is 28.5 Å². The molecule has 0 atom stereocenters. The Hall–Kier alpha value is -1.68. The Morgan fingerprint density at radius 1 is 1.41 bits per heavy atom. The van der Waals surface area contributed by atoms with Crippen LogP contribution in [0.2, 0.25) is 5.15 Å². The summed E-state index contributed by atoms with van der Waals surface area (Å²) in [7, 11) is 0. The van der Waals surface area contributed by atoms with E-state index in [2.05, 4.69) is 4.98 Å². The van der Waals surface area contributed by atoms with E-state index in [9.17, 15) is 9.18 Å². The zero-order valence-corrected chi connectivity index (χ0v) is 9.54. The number of carboxylic acid groups (broad SMARTS) is 1. The molecule has 2 aromatic rings. The van der Waals surface area contributed by atoms with Gasteiger partial charge in [0.05, 0.1) is 5.52 Å². The highest BCUT2D eigenvalue weighted by atomic mass is 35.5. The molecule has 88 valence electrons. The van der Waals surface area contributed by atoms with Crippen LogP contribution in [0.4, 0.5) is 4.39 Å². The molecule has 2 rings (SSSR count). The number of fused-ring (bicyclic) bond motifs is 1. The first-order valence-corrected chi connectivity index (χ1v) is 5.40. The van der Waals surface area contributed by atoms with Crippen LogP contribution in [0.5, 0.6) is 0 Å². The second kappa shape index (κ2) is 4.67. The van der Waals surface area contributed by atoms with Crippen LogP contribution >= 0.6 is 11.6 Å². The molecule has 1 aromatic carbocycles. The van der Waals surface area contributed by atoms with Gasteiger partial charge in [-0.1, -0.05) is 11.6 Å². The molecule has 0 radical (unpaired) electrons. The lowest BCUT2D eigenvalue weighted by atomic mass is 10.1. The van der Waals surface area contributed by atoms with Crippen LogP contribution in [0.25, 0.3) is 10.9 Å². The minimum absolute atomic E-state index is 0.00585. The second-order valence-electron chi connectivity index (χ2n) is 3.67. The number of aromatic nitrogens is 1. The van der Waals surface area contributed by atoms with Crippen molar-refractivity contribution in [3.63, 3.8) is 0 Å². The molecule has 0 saturated carbocycles. The fourth-order valence-electron chi connectivity index (χ4n) is 1.58. The van der Waals surface area contributed by atoms with Crippen molar-refractivity contribution in [3.05, 3.63) is 40.8 Å². The molecule has 0 amide bonds. The van der Waals surface area contributed by atoms with Gasteiger partial charge in [-0.05, 0) is 30.2 Å². The topological polar surface area (TPSA) is 50.2 Å². The zero-order valence-electron chi connectivity index (χ0n) is 8.78. The number of aliphatic carboxylic acids is 1. The normalized spacial score (nSPS) is 10.7. The highest BCUT2D eigenvalue weighted by Crippen LogP contribution is 2.22. The smallest absolute Gasteiger partial charge is 0.303 e. The molecule has 1 aromatic heterocycles. The van der Waals surface area contributed by atoms with Crippen molar-refractivity contribution in [2.75, 3.05) is 0 Å². The van der Waals surface area contributed by atoms with Gasteiger partial charge in [0.15, 0.2) is 0 Å². The van der Waals surface area contributed by atoms with E-state index in [0.29, 0.717) is 17.5 Å². The van der Waals surface area contributed by atoms with Crippen molar-refractivity contribution in [1.82, 2.24) is 4.98 Å². The van der Waals surface area contributed by atoms with Crippen LogP contribution in [-0.4, -0.2) is 16.1 Å². The van der Waals surface area contributed by atoms with Crippen LogP contribution in [0.1, 0.15) is 12.0 Å². The molecule has 0 saturated heterocycles. The summed E-state index contributed by atoms with van der Waals surface area (Å²) in [6.45, 7) is 0. The molecule has 0 aliphatic carbocycles. The van der Waals surface area contributed by atoms with Gasteiger partial charge in [0.2, 0.25) is 0 Å². The average Bonchev–Trinajstić information content (AvgIpc) is 2.26. The van der Waals surface area contributed by atoms with Crippen LogP contribution in [0.15, 0.2) is 24.3 Å². The van der Waals surface area contributed by atoms with Gasteiger partial charge in [0.1, 0.15) is 11.0 Å². The summed E-state index contributed by atoms with van der Waals surface area (Å²) in [5, 5.41) is 9.57. The number of hydrogen-bond donors (Lipinski definition) is 1. The standard InChI is InChI=1S/C12H9ClFNO2/c13-12-8(2-4-11(16)17)5-7-1-3-9(14)6-10(7)15-12/h1,3,5-6H,2,4H2,(H,16,17). The van der Waals surface area contributed by atoms with Crippen LogP contribution in [0.3, 0.4) is 0 Å². The molecule has 0 fully saturated rings. The molecule has 1 N–H and O–H groups in total. The lowest BCUT2D eigenvalue weighted by molar-refractivity contribution is -0.136. The van der Waals surface area contributed by atoms with Gasteiger partial charge in [-0.2, -0.15) is 0 Å². The van der Waals surface area contributed by atoms with E-state index >= 15 is 0 Å². The number of pyridine rings is 1. The molecule has 0 spiro atoms. The van der Waals surface area contributed by atoms with Gasteiger partial charge in [-0.15, -0.1) is 0 Å². The van der Waals surface area contributed by atoms with Gasteiger partial charge in [0, 0.05) is 17.9 Å². The van der Waals surface area contributed by atoms with Gasteiger partial charge < -0.3 is 5.11 Å². The molecule has 0 unspecified atom stereocenters. The molecule has 0 aliphatic rings. The van der Waals surface area contributed by atoms with Crippen molar-refractivity contribution in [2.24, 2.45) is 0 Å². The van der Waals surface area contributed by atoms with E-state index in [1.807, 2.05) is 0 Å². The Bertz CT molecular complexity index is 586. The van der Waals surface area contributed by atoms with Crippen LogP contribution < -0.4 is 0 Å². The largest absolute Gasteiger partial charge is 0.481 e. The fourth-order valence-corrected chi connectivity index (χ4v) is 1.82. The first kappa shape index (κ1) is 11.8. The van der Waals surface area contributed by atoms with Crippen LogP contribution in [-0.2, 0) is 11.2 Å². The number of carbonyl (C=O) groups is 1. The highest BCUT2D eigenvalue weighted by Gasteiger charge is 2.07. The SMILES string of the molecule is O=C(O)CCc1cc2ccc(F)cc2nc1Cl. The number of aryl methyl sites for hydroxylation is 1. The van der Waals surface area contributed by atoms with Crippen LogP contribution in [0, 0.1) is 5.82 Å². The third kappa shape index (κ3) is 2.71. The average molecular weight is 254 g/mol. The Kier molecular flexibility index (Phi) is 3.24. The summed E-state index contributed by atoms with van der Waals surface area (Å²) < 4.78 is 13.0. The van der Waals surface area contributed by atoms with Gasteiger partial charge in [-0.25, -0.2) is 9.37 Å². The van der Waals surface area contributed by atoms with E-state index in [0.717, 1.165) is 5.39 Å². The predicted octanol–water partition coefficient (Wildman–Crippen LogP) is 3.04. The van der Waals surface area contributed by atoms with E-state index in [4.69, 9.17) is 16.7 Å². The lowest BCUT2D eigenvalue weighted by Crippen LogP contribution is -1.99. The number of halogens is 2. The second-order valence-corrected chi connectivity index (χ2v) is 4.03. The molecule has 0 aliphatic heterocycles. The minimum atomic E-state index is -0.889. The number of hydrogen-bond acceptors (Lipinski definition) is 2. The maximum atomic E-state index is 13.0. The summed E-state index contributed by atoms with van der Waals surface area (Å²) in [4.78, 5) is 14.5. The third-order valence-electron chi connectivity index (χ3n) is 2.41. The van der Waals surface area contributed by atoms with Gasteiger partial charge in [-0.3, -0.25) is 4.79 Å². The maximum absolute atomic E-state index is 13.0. The maximum Gasteiger partial charge on any atom is 0.303 e. The summed E-state index contributed by atoms with van der Waals surface area (Å²) in [5.41, 5.74) is 1.13. The van der Waals surface area contributed by atoms with E-state index < -0.39 is 5.97 Å². The Balaban J connectivity index is 2.41. The van der Waals surface area contributed by atoms with Crippen molar-refractivity contribution in [3.8, 4) is 0 Å². The Labute approximate surface area is 102 Å². The summed E-state index contributed by atoms with van der Waals surface area (Å²) in [6.07, 6.45) is 0.308. The number of nitrogens with zero attached hydrogens (tertiary/aromatic N) is 1. The molecular weight excluding hydrogens is 245 g/mol. The van der Waals surface area contributed by atoms with E-state index in [1.54, 1.807) is 12.1 Å². The molecular formula is C12H9ClFNO2. The summed E-state index contributed by atoms with van der Waals surface area (Å²) in [6, 6.07) is 5.96. The molecule has 0 bridgehead atoms. The molecule has 1 heterocycles. The predicted molar refractivity (Wildman–Crippen MR) is 62.7 cm³/mol. The minimum Gasteiger partial charge on any atom is -0.481 e. The highest BCUT2D eigenvalue weighted by molar-refractivity contribution is 6.30. The lowest BCUT2D eigenvalue weighted by Gasteiger charge is -2.04. The quantitative estimate of drug-likeness (QED) is 0.856. The van der Waals surface area contributed by atoms with Gasteiger partial charge in [0.25, 0.3) is 0 Å². The molecule has 3 nitrogen and oxygen atoms in total. The monoisotopic (exact) mass is 253 g/mol. The first-order chi connectivity index (χ1) is 8.06. The zero-order chi connectivity index (χ0) is 12.4. The van der Waals surface area contributed by atoms with E-state index in [1.165, 1.54) is 12.1 Å². The van der Waals surface area contributed by atoms with Crippen molar-refractivity contribution in [1.29, 1.82) is 0 Å². The fraction of sp³-hybridized carbons (Fsp3) is 0.167.